The van der Waals surface area contributed by atoms with Gasteiger partial charge in [-0.05, 0) is 88.5 Å². The fourth-order valence-corrected chi connectivity index (χ4v) is 10.6. The Kier molecular flexibility index (Phi) is 12.5. The molecule has 3 heterocycles. The average molecular weight is 870 g/mol. The summed E-state index contributed by atoms with van der Waals surface area (Å²) in [7, 11) is -5.05. The number of carbonyl (C=O) groups is 1. The number of tetrazole rings is 1. The zero-order valence-corrected chi connectivity index (χ0v) is 35.0. The van der Waals surface area contributed by atoms with Crippen LogP contribution in [0.25, 0.3) is 22.5 Å². The highest BCUT2D eigenvalue weighted by Gasteiger charge is 2.39. The number of nitrogen functional groups attached to an aromatic ring is 1. The number of sulfonamides is 2. The molecule has 0 saturated carbocycles. The van der Waals surface area contributed by atoms with Crippen molar-refractivity contribution in [1.29, 1.82) is 0 Å². The number of carboxylic acid groups (broad SMARTS) is 1. The van der Waals surface area contributed by atoms with Crippen LogP contribution in [0.4, 0.5) is 10.6 Å². The van der Waals surface area contributed by atoms with Crippen molar-refractivity contribution in [1.82, 2.24) is 39.1 Å². The molecule has 6 aromatic rings. The molecule has 4 aromatic carbocycles. The van der Waals surface area contributed by atoms with E-state index in [1.165, 1.54) is 47.7 Å². The Morgan fingerprint density at radius 2 is 1.39 bits per heavy atom. The summed E-state index contributed by atoms with van der Waals surface area (Å²) in [4.78, 5) is 17.1. The second-order valence-corrected chi connectivity index (χ2v) is 17.6. The number of nitrogens with one attached hydrogen (secondary N) is 1. The molecule has 1 aliphatic rings. The molecule has 1 amide bonds. The van der Waals surface area contributed by atoms with Crippen molar-refractivity contribution >= 4 is 32.0 Å². The lowest BCUT2D eigenvalue weighted by molar-refractivity contribution is 0.155. The first kappa shape index (κ1) is 42.5. The predicted molar refractivity (Wildman–Crippen MR) is 224 cm³/mol. The van der Waals surface area contributed by atoms with Crippen molar-refractivity contribution in [3.05, 3.63) is 120 Å². The molecule has 4 N–H and O–H groups in total. The van der Waals surface area contributed by atoms with Gasteiger partial charge < -0.3 is 30.0 Å². The van der Waals surface area contributed by atoms with Crippen LogP contribution in [-0.2, 0) is 39.7 Å². The smallest absolute Gasteiger partial charge is 0.407 e. The second kappa shape index (κ2) is 17.9. The summed E-state index contributed by atoms with van der Waals surface area (Å²) in [5.41, 5.74) is 8.32. The van der Waals surface area contributed by atoms with Gasteiger partial charge in [0.15, 0.2) is 0 Å². The third-order valence-corrected chi connectivity index (χ3v) is 13.7. The van der Waals surface area contributed by atoms with E-state index in [9.17, 15) is 18.3 Å². The van der Waals surface area contributed by atoms with Gasteiger partial charge in [-0.1, -0.05) is 42.5 Å². The first-order chi connectivity index (χ1) is 29.3. The topological polar surface area (TPSA) is 234 Å². The standard InChI is InChI=1S/C41H43N9O9S2/c1-57-32-11-4-27(5-12-32)23-49(24-28-6-13-33(58-2)14-7-28)61(55,56)39-36(60(53,54)46-31-20-21-48(26-31)41(51)52)18-17-35(30-10-19-37(42)43-22-30)38(39)40-44-47-50(45-40)25-29-8-15-34(59-3)16-9-29/h4-19,22,31,46H,20-21,23-26H2,1-3H3,(H2,42,43)(H,51,52). The van der Waals surface area contributed by atoms with E-state index < -0.39 is 42.0 Å². The second-order valence-electron chi connectivity index (χ2n) is 14.1. The van der Waals surface area contributed by atoms with Crippen molar-refractivity contribution in [3.63, 3.8) is 0 Å². The Hall–Kier alpha value is -6.61. The zero-order chi connectivity index (χ0) is 43.3. The molecule has 2 aromatic heterocycles. The number of nitrogens with two attached hydrogens (primary N) is 1. The Labute approximate surface area is 352 Å². The van der Waals surface area contributed by atoms with E-state index in [4.69, 9.17) is 19.9 Å². The van der Waals surface area contributed by atoms with Crippen molar-refractivity contribution in [3.8, 4) is 39.8 Å². The van der Waals surface area contributed by atoms with Gasteiger partial charge in [0.05, 0.1) is 33.4 Å². The molecular weight excluding hydrogens is 827 g/mol. The van der Waals surface area contributed by atoms with E-state index in [2.05, 4.69) is 25.1 Å². The molecule has 1 atom stereocenters. The summed E-state index contributed by atoms with van der Waals surface area (Å²) >= 11 is 0. The number of pyridine rings is 1. The van der Waals surface area contributed by atoms with E-state index in [1.54, 1.807) is 73.8 Å². The molecule has 61 heavy (non-hydrogen) atoms. The number of hydrogen-bond donors (Lipinski definition) is 3. The normalized spacial score (nSPS) is 14.3. The van der Waals surface area contributed by atoms with E-state index in [0.717, 1.165) is 10.5 Å². The minimum Gasteiger partial charge on any atom is -0.497 e. The van der Waals surface area contributed by atoms with Gasteiger partial charge in [-0.15, -0.1) is 10.2 Å². The van der Waals surface area contributed by atoms with Crippen LogP contribution in [0.1, 0.15) is 23.1 Å². The molecule has 318 valence electrons. The van der Waals surface area contributed by atoms with Gasteiger partial charge in [0, 0.05) is 44.0 Å². The van der Waals surface area contributed by atoms with E-state index in [1.807, 2.05) is 12.1 Å². The van der Waals surface area contributed by atoms with E-state index in [0.29, 0.717) is 33.9 Å². The lowest BCUT2D eigenvalue weighted by atomic mass is 10.0. The molecule has 1 aliphatic heterocycles. The molecule has 0 spiro atoms. The minimum absolute atomic E-state index is 0.0840. The van der Waals surface area contributed by atoms with Crippen molar-refractivity contribution in [2.24, 2.45) is 0 Å². The van der Waals surface area contributed by atoms with Gasteiger partial charge in [-0.3, -0.25) is 0 Å². The summed E-state index contributed by atoms with van der Waals surface area (Å²) in [6, 6.07) is 25.8. The largest absolute Gasteiger partial charge is 0.497 e. The number of methoxy groups -OCH3 is 3. The van der Waals surface area contributed by atoms with Crippen LogP contribution in [0.5, 0.6) is 17.2 Å². The summed E-state index contributed by atoms with van der Waals surface area (Å²) in [6.07, 6.45) is 0.396. The molecule has 0 bridgehead atoms. The van der Waals surface area contributed by atoms with Crippen LogP contribution < -0.4 is 24.7 Å². The number of anilines is 1. The monoisotopic (exact) mass is 869 g/mol. The molecule has 0 aliphatic carbocycles. The molecule has 7 rings (SSSR count). The maximum absolute atomic E-state index is 15.8. The highest BCUT2D eigenvalue weighted by molar-refractivity contribution is 7.92. The number of likely N-dealkylation sites (tertiary alicyclic amines) is 1. The lowest BCUT2D eigenvalue weighted by Gasteiger charge is -2.26. The van der Waals surface area contributed by atoms with Gasteiger partial charge in [0.2, 0.25) is 25.9 Å². The summed E-state index contributed by atoms with van der Waals surface area (Å²) in [6.45, 7) is -0.333. The van der Waals surface area contributed by atoms with Crippen LogP contribution in [-0.4, -0.2) is 103 Å². The van der Waals surface area contributed by atoms with E-state index in [-0.39, 0.29) is 61.9 Å². The van der Waals surface area contributed by atoms with Crippen LogP contribution >= 0.6 is 0 Å². The van der Waals surface area contributed by atoms with Crippen molar-refractivity contribution in [2.75, 3.05) is 40.2 Å². The molecule has 0 radical (unpaired) electrons. The third-order valence-electron chi connectivity index (χ3n) is 10.1. The Morgan fingerprint density at radius 3 is 1.90 bits per heavy atom. The van der Waals surface area contributed by atoms with E-state index >= 15 is 8.42 Å². The van der Waals surface area contributed by atoms with Gasteiger partial charge in [0.1, 0.15) is 32.9 Å². The minimum atomic E-state index is -4.90. The average Bonchev–Trinajstić information content (AvgIpc) is 3.94. The zero-order valence-electron chi connectivity index (χ0n) is 33.4. The number of amides is 1. The van der Waals surface area contributed by atoms with Crippen LogP contribution in [0.2, 0.25) is 0 Å². The molecule has 1 unspecified atom stereocenters. The Bertz CT molecular complexity index is 2670. The molecule has 18 nitrogen and oxygen atoms in total. The van der Waals surface area contributed by atoms with Crippen LogP contribution in [0.15, 0.2) is 113 Å². The first-order valence-corrected chi connectivity index (χ1v) is 21.8. The SMILES string of the molecule is COc1ccc(CN(Cc2ccc(OC)cc2)S(=O)(=O)c2c(S(=O)(=O)NC3CCN(C(=O)O)C3)ccc(-c3ccc(N)nc3)c2-c2nnn(Cc3ccc(OC)cc3)n2)cc1. The molecule has 1 saturated heterocycles. The number of rotatable bonds is 16. The third kappa shape index (κ3) is 9.57. The number of ether oxygens (including phenoxy) is 3. The lowest BCUT2D eigenvalue weighted by Crippen LogP contribution is -2.39. The molecule has 1 fully saturated rings. The molecule has 20 heteroatoms. The number of benzene rings is 4. The van der Waals surface area contributed by atoms with Crippen LogP contribution in [0, 0.1) is 0 Å². The van der Waals surface area contributed by atoms with Crippen molar-refractivity contribution in [2.45, 2.75) is 41.9 Å². The van der Waals surface area contributed by atoms with Crippen molar-refractivity contribution < 1.29 is 40.9 Å². The summed E-state index contributed by atoms with van der Waals surface area (Å²) in [5, 5.41) is 22.8. The quantitative estimate of drug-likeness (QED) is 0.122. The number of hydrogen-bond acceptors (Lipinski definition) is 13. The highest BCUT2D eigenvalue weighted by atomic mass is 32.2. The maximum atomic E-state index is 15.8. The van der Waals surface area contributed by atoms with Gasteiger partial charge >= 0.3 is 6.09 Å². The summed E-state index contributed by atoms with van der Waals surface area (Å²) < 4.78 is 80.7. The fraction of sp³-hybridized carbons (Fsp3) is 0.244. The summed E-state index contributed by atoms with van der Waals surface area (Å²) in [5.74, 6) is 1.75. The Morgan fingerprint density at radius 1 is 0.820 bits per heavy atom. The number of aromatic nitrogens is 5. The number of nitrogens with zero attached hydrogens (tertiary/aromatic N) is 7. The Balaban J connectivity index is 1.45. The first-order valence-electron chi connectivity index (χ1n) is 18.8. The van der Waals surface area contributed by atoms with Gasteiger partial charge in [0.25, 0.3) is 0 Å². The fourth-order valence-electron chi connectivity index (χ4n) is 6.90. The van der Waals surface area contributed by atoms with Crippen LogP contribution in [0.3, 0.4) is 0 Å². The maximum Gasteiger partial charge on any atom is 0.407 e. The van der Waals surface area contributed by atoms with Gasteiger partial charge in [-0.2, -0.15) is 9.10 Å². The predicted octanol–water partition coefficient (Wildman–Crippen LogP) is 4.48. The van der Waals surface area contributed by atoms with Gasteiger partial charge in [-0.25, -0.2) is 31.3 Å². The highest BCUT2D eigenvalue weighted by Crippen LogP contribution is 2.41. The molecular formula is C41H43N9O9S2.